The minimum Gasteiger partial charge on any atom is -0.446 e. The standard InChI is InChI=1S/C26H34N4O4/c1-25(2,3)30-22(27-23(31)33-16-17-7-5-4-6-8-17)12-21(29-30)19-9-10-20(11-19)34-24(32)28-26-13-18(14-26)15-26/h4-8,12,18-20H,9-11,13-16H2,1-3H3,(H,27,31)(H,28,32)/t18?,19-,20+,26?/m0/s1. The van der Waals surface area contributed by atoms with Gasteiger partial charge in [0.25, 0.3) is 0 Å². The summed E-state index contributed by atoms with van der Waals surface area (Å²) in [5.41, 5.74) is 1.54. The zero-order chi connectivity index (χ0) is 23.9. The summed E-state index contributed by atoms with van der Waals surface area (Å²) >= 11 is 0. The fraction of sp³-hybridized carbons (Fsp3) is 0.577. The lowest BCUT2D eigenvalue weighted by atomic mass is 9.50. The highest BCUT2D eigenvalue weighted by Gasteiger charge is 2.57. The quantitative estimate of drug-likeness (QED) is 0.602. The van der Waals surface area contributed by atoms with E-state index in [4.69, 9.17) is 14.6 Å². The molecule has 0 radical (unpaired) electrons. The Morgan fingerprint density at radius 3 is 2.50 bits per heavy atom. The Bertz CT molecular complexity index is 1040. The van der Waals surface area contributed by atoms with E-state index < -0.39 is 6.09 Å². The van der Waals surface area contributed by atoms with Gasteiger partial charge in [-0.15, -0.1) is 0 Å². The van der Waals surface area contributed by atoms with E-state index in [1.165, 1.54) is 0 Å². The molecule has 2 amide bonds. The SMILES string of the molecule is CC(C)(C)n1nc([C@H]2CC[C@@H](OC(=O)NC34CC(C3)C4)C2)cc1NC(=O)OCc1ccccc1. The van der Waals surface area contributed by atoms with Gasteiger partial charge >= 0.3 is 12.2 Å². The summed E-state index contributed by atoms with van der Waals surface area (Å²) < 4.78 is 13.0. The molecule has 1 aromatic heterocycles. The Balaban J connectivity index is 1.19. The van der Waals surface area contributed by atoms with Crippen LogP contribution in [0, 0.1) is 5.92 Å². The molecule has 4 fully saturated rings. The Morgan fingerprint density at radius 1 is 1.12 bits per heavy atom. The van der Waals surface area contributed by atoms with Crippen molar-refractivity contribution in [3.63, 3.8) is 0 Å². The summed E-state index contributed by atoms with van der Waals surface area (Å²) in [6, 6.07) is 11.5. The minimum absolute atomic E-state index is 0.0287. The number of nitrogens with one attached hydrogen (secondary N) is 2. The summed E-state index contributed by atoms with van der Waals surface area (Å²) in [4.78, 5) is 24.8. The lowest BCUT2D eigenvalue weighted by Gasteiger charge is -2.61. The van der Waals surface area contributed by atoms with Gasteiger partial charge in [-0.25, -0.2) is 14.3 Å². The lowest BCUT2D eigenvalue weighted by Crippen LogP contribution is -2.68. The van der Waals surface area contributed by atoms with Crippen molar-refractivity contribution in [1.82, 2.24) is 15.1 Å². The topological polar surface area (TPSA) is 94.5 Å². The predicted octanol–water partition coefficient (Wildman–Crippen LogP) is 5.30. The van der Waals surface area contributed by atoms with Crippen LogP contribution in [0.5, 0.6) is 0 Å². The van der Waals surface area contributed by atoms with Crippen LogP contribution in [0.3, 0.4) is 0 Å². The fourth-order valence-corrected chi connectivity index (χ4v) is 5.41. The number of benzene rings is 1. The number of hydrogen-bond acceptors (Lipinski definition) is 5. The van der Waals surface area contributed by atoms with E-state index in [1.54, 1.807) is 0 Å². The Labute approximate surface area is 200 Å². The summed E-state index contributed by atoms with van der Waals surface area (Å²) in [5.74, 6) is 1.59. The van der Waals surface area contributed by atoms with Crippen molar-refractivity contribution in [3.8, 4) is 0 Å². The average Bonchev–Trinajstić information content (AvgIpc) is 3.36. The number of aromatic nitrogens is 2. The number of alkyl carbamates (subject to hydrolysis) is 1. The van der Waals surface area contributed by atoms with Crippen LogP contribution in [-0.2, 0) is 21.6 Å². The van der Waals surface area contributed by atoms with Gasteiger partial charge in [-0.2, -0.15) is 5.10 Å². The van der Waals surface area contributed by atoms with Gasteiger partial charge < -0.3 is 14.8 Å². The van der Waals surface area contributed by atoms with Gasteiger partial charge in [0.05, 0.1) is 11.2 Å². The van der Waals surface area contributed by atoms with Gasteiger partial charge in [-0.1, -0.05) is 30.3 Å². The zero-order valence-corrected chi connectivity index (χ0v) is 20.2. The van der Waals surface area contributed by atoms with Gasteiger partial charge in [-0.05, 0) is 70.8 Å². The third-order valence-electron chi connectivity index (χ3n) is 7.29. The molecule has 182 valence electrons. The number of rotatable bonds is 6. The second-order valence-electron chi connectivity index (χ2n) is 11.1. The first-order valence-electron chi connectivity index (χ1n) is 12.3. The zero-order valence-electron chi connectivity index (χ0n) is 20.2. The van der Waals surface area contributed by atoms with Gasteiger partial charge in [0.1, 0.15) is 18.5 Å². The van der Waals surface area contributed by atoms with Crippen molar-refractivity contribution in [2.75, 3.05) is 5.32 Å². The second kappa shape index (κ2) is 8.64. The first-order valence-corrected chi connectivity index (χ1v) is 12.3. The van der Waals surface area contributed by atoms with Crippen LogP contribution < -0.4 is 10.6 Å². The maximum absolute atomic E-state index is 12.5. The van der Waals surface area contributed by atoms with Crippen LogP contribution in [0.2, 0.25) is 0 Å². The van der Waals surface area contributed by atoms with E-state index in [0.29, 0.717) is 5.82 Å². The summed E-state index contributed by atoms with van der Waals surface area (Å²) in [6.07, 6.45) is 4.84. The van der Waals surface area contributed by atoms with Crippen LogP contribution in [0.25, 0.3) is 0 Å². The van der Waals surface area contributed by atoms with Crippen LogP contribution in [0.4, 0.5) is 15.4 Å². The normalized spacial score (nSPS) is 27.3. The van der Waals surface area contributed by atoms with Crippen molar-refractivity contribution in [3.05, 3.63) is 47.7 Å². The molecule has 1 aromatic carbocycles. The number of carbonyl (C=O) groups is 2. The van der Waals surface area contributed by atoms with Crippen molar-refractivity contribution in [2.24, 2.45) is 5.92 Å². The third kappa shape index (κ3) is 4.76. The van der Waals surface area contributed by atoms with Crippen molar-refractivity contribution in [2.45, 2.75) is 89.0 Å². The van der Waals surface area contributed by atoms with E-state index in [0.717, 1.165) is 55.7 Å². The third-order valence-corrected chi connectivity index (χ3v) is 7.29. The Kier molecular flexibility index (Phi) is 5.78. The summed E-state index contributed by atoms with van der Waals surface area (Å²) in [5, 5.41) is 10.8. The van der Waals surface area contributed by atoms with Crippen molar-refractivity contribution >= 4 is 18.0 Å². The molecular formula is C26H34N4O4. The Hall–Kier alpha value is -3.03. The second-order valence-corrected chi connectivity index (χ2v) is 11.1. The molecule has 0 saturated heterocycles. The van der Waals surface area contributed by atoms with Gasteiger partial charge in [0.2, 0.25) is 0 Å². The van der Waals surface area contributed by atoms with Gasteiger partial charge in [-0.3, -0.25) is 5.32 Å². The van der Waals surface area contributed by atoms with E-state index in [-0.39, 0.29) is 35.8 Å². The average molecular weight is 467 g/mol. The largest absolute Gasteiger partial charge is 0.446 e. The maximum atomic E-state index is 12.5. The van der Waals surface area contributed by atoms with Crippen molar-refractivity contribution in [1.29, 1.82) is 0 Å². The van der Waals surface area contributed by atoms with Gasteiger partial charge in [0, 0.05) is 17.5 Å². The maximum Gasteiger partial charge on any atom is 0.413 e. The predicted molar refractivity (Wildman–Crippen MR) is 128 cm³/mol. The molecule has 4 saturated carbocycles. The van der Waals surface area contributed by atoms with Crippen LogP contribution in [-0.4, -0.2) is 33.6 Å². The van der Waals surface area contributed by atoms with Crippen LogP contribution in [0.1, 0.15) is 76.5 Å². The number of anilines is 1. The lowest BCUT2D eigenvalue weighted by molar-refractivity contribution is -0.0506. The van der Waals surface area contributed by atoms with E-state index in [9.17, 15) is 9.59 Å². The molecule has 0 unspecified atom stereocenters. The summed E-state index contributed by atoms with van der Waals surface area (Å²) in [7, 11) is 0. The van der Waals surface area contributed by atoms with Gasteiger partial charge in [0.15, 0.2) is 0 Å². The molecular weight excluding hydrogens is 432 g/mol. The highest BCUT2D eigenvalue weighted by molar-refractivity contribution is 5.83. The number of ether oxygens (including phenoxy) is 2. The molecule has 2 N–H and O–H groups in total. The minimum atomic E-state index is -0.515. The highest BCUT2D eigenvalue weighted by Crippen LogP contribution is 2.57. The number of amides is 2. The molecule has 8 nitrogen and oxygen atoms in total. The molecule has 2 bridgehead atoms. The van der Waals surface area contributed by atoms with Crippen LogP contribution >= 0.6 is 0 Å². The molecule has 1 heterocycles. The monoisotopic (exact) mass is 466 g/mol. The first-order chi connectivity index (χ1) is 16.2. The molecule has 8 heteroatoms. The number of carbonyl (C=O) groups excluding carboxylic acids is 2. The van der Waals surface area contributed by atoms with Crippen LogP contribution in [0.15, 0.2) is 36.4 Å². The molecule has 0 aliphatic heterocycles. The number of nitrogens with zero attached hydrogens (tertiary/aromatic N) is 2. The molecule has 4 aliphatic carbocycles. The smallest absolute Gasteiger partial charge is 0.413 e. The van der Waals surface area contributed by atoms with E-state index in [2.05, 4.69) is 10.6 Å². The highest BCUT2D eigenvalue weighted by atomic mass is 16.6. The molecule has 4 aliphatic rings. The molecule has 6 rings (SSSR count). The van der Waals surface area contributed by atoms with E-state index in [1.807, 2.05) is 61.9 Å². The number of hydrogen-bond donors (Lipinski definition) is 2. The first kappa shape index (κ1) is 22.7. The van der Waals surface area contributed by atoms with E-state index >= 15 is 0 Å². The molecule has 2 atom stereocenters. The molecule has 0 spiro atoms. The molecule has 2 aromatic rings. The molecule has 34 heavy (non-hydrogen) atoms. The summed E-state index contributed by atoms with van der Waals surface area (Å²) in [6.45, 7) is 6.33. The van der Waals surface area contributed by atoms with Crippen molar-refractivity contribution < 1.29 is 19.1 Å². The Morgan fingerprint density at radius 2 is 1.85 bits per heavy atom. The fourth-order valence-electron chi connectivity index (χ4n) is 5.41.